The van der Waals surface area contributed by atoms with Crippen LogP contribution in [-0.4, -0.2) is 36.6 Å². The number of ether oxygens (including phenoxy) is 3. The van der Waals surface area contributed by atoms with Gasteiger partial charge in [-0.15, -0.1) is 24.9 Å². The molecule has 0 spiro atoms. The van der Waals surface area contributed by atoms with E-state index in [4.69, 9.17) is 9.47 Å². The molecule has 2 unspecified atom stereocenters. The first-order valence-corrected chi connectivity index (χ1v) is 9.79. The van der Waals surface area contributed by atoms with E-state index in [1.165, 1.54) is 62.4 Å². The minimum absolute atomic E-state index is 0.136. The predicted octanol–water partition coefficient (Wildman–Crippen LogP) is 4.90. The van der Waals surface area contributed by atoms with Crippen LogP contribution in [0.2, 0.25) is 0 Å². The largest absolute Gasteiger partial charge is 0.573 e. The summed E-state index contributed by atoms with van der Waals surface area (Å²) in [5.41, 5.74) is 1.12. The first-order valence-electron chi connectivity index (χ1n) is 8.85. The van der Waals surface area contributed by atoms with Crippen molar-refractivity contribution < 1.29 is 36.6 Å². The Kier molecular flexibility index (Phi) is 6.35. The summed E-state index contributed by atoms with van der Waals surface area (Å²) in [6, 6.07) is 7.72. The fourth-order valence-corrected chi connectivity index (χ4v) is 4.53. The third-order valence-corrected chi connectivity index (χ3v) is 5.87. The van der Waals surface area contributed by atoms with Gasteiger partial charge in [0.15, 0.2) is 0 Å². The third kappa shape index (κ3) is 4.75. The van der Waals surface area contributed by atoms with Crippen LogP contribution in [-0.2, 0) is 11.3 Å². The number of amides is 1. The summed E-state index contributed by atoms with van der Waals surface area (Å²) >= 11 is 1.35. The molecule has 1 aliphatic heterocycles. The maximum absolute atomic E-state index is 13.9. The highest BCUT2D eigenvalue weighted by Crippen LogP contribution is 2.50. The van der Waals surface area contributed by atoms with E-state index in [9.17, 15) is 22.4 Å². The smallest absolute Gasteiger partial charge is 0.496 e. The van der Waals surface area contributed by atoms with Gasteiger partial charge in [-0.05, 0) is 24.6 Å². The Morgan fingerprint density at radius 1 is 1.07 bits per heavy atom. The third-order valence-electron chi connectivity index (χ3n) is 4.51. The Hall–Kier alpha value is -2.62. The van der Waals surface area contributed by atoms with Crippen LogP contribution >= 0.6 is 11.8 Å². The molecule has 2 aromatic rings. The van der Waals surface area contributed by atoms with Gasteiger partial charge in [0.05, 0.1) is 25.0 Å². The van der Waals surface area contributed by atoms with Crippen LogP contribution in [0.3, 0.4) is 0 Å². The summed E-state index contributed by atoms with van der Waals surface area (Å²) in [7, 11) is 2.79. The number of thioether (sulfide) groups is 1. The van der Waals surface area contributed by atoms with Crippen molar-refractivity contribution in [3.05, 3.63) is 53.3 Å². The van der Waals surface area contributed by atoms with Crippen molar-refractivity contribution in [2.75, 3.05) is 14.2 Å². The highest BCUT2D eigenvalue weighted by molar-refractivity contribution is 8.01. The molecule has 1 fully saturated rings. The van der Waals surface area contributed by atoms with Crippen LogP contribution in [0.15, 0.2) is 36.4 Å². The number of carbonyl (C=O) groups excluding carboxylic acids is 1. The van der Waals surface area contributed by atoms with Crippen LogP contribution in [0.4, 0.5) is 17.6 Å². The van der Waals surface area contributed by atoms with Crippen molar-refractivity contribution in [1.29, 1.82) is 0 Å². The minimum Gasteiger partial charge on any atom is -0.496 e. The van der Waals surface area contributed by atoms with Gasteiger partial charge >= 0.3 is 6.36 Å². The molecule has 1 aliphatic rings. The number of halogens is 4. The van der Waals surface area contributed by atoms with E-state index in [0.717, 1.165) is 0 Å². The van der Waals surface area contributed by atoms with Crippen molar-refractivity contribution in [2.24, 2.45) is 0 Å². The summed E-state index contributed by atoms with van der Waals surface area (Å²) in [5, 5.41) is -0.897. The molecule has 10 heteroatoms. The number of alkyl halides is 3. The second kappa shape index (κ2) is 8.63. The van der Waals surface area contributed by atoms with E-state index < -0.39 is 17.6 Å². The molecule has 30 heavy (non-hydrogen) atoms. The van der Waals surface area contributed by atoms with Gasteiger partial charge in [-0.2, -0.15) is 0 Å². The summed E-state index contributed by atoms with van der Waals surface area (Å²) in [5.74, 6) is -0.564. The van der Waals surface area contributed by atoms with E-state index in [2.05, 4.69) is 4.74 Å². The maximum Gasteiger partial charge on any atom is 0.573 e. The van der Waals surface area contributed by atoms with Crippen molar-refractivity contribution in [2.45, 2.75) is 30.5 Å². The highest BCUT2D eigenvalue weighted by Gasteiger charge is 2.41. The molecule has 1 amide bonds. The number of carbonyl (C=O) groups is 1. The molecule has 0 N–H and O–H groups in total. The lowest BCUT2D eigenvalue weighted by molar-refractivity contribution is -0.274. The molecule has 0 bridgehead atoms. The standard InChI is InChI=1S/C20H19F4NO4S/c1-11-18(26)25(10-12-4-6-14(7-5-12)29-20(22,23)24)19(30-11)17-15(27-2)8-13(21)9-16(17)28-3/h4-9,11,19H,10H2,1-3H3. The normalized spacial score (nSPS) is 19.2. The first kappa shape index (κ1) is 22.1. The SMILES string of the molecule is COc1cc(F)cc(OC)c1C1SC(C)C(=O)N1Cc1ccc(OC(F)(F)F)cc1. The van der Waals surface area contributed by atoms with Gasteiger partial charge in [0.1, 0.15) is 28.4 Å². The molecule has 2 atom stereocenters. The average molecular weight is 445 g/mol. The molecule has 5 nitrogen and oxygen atoms in total. The van der Waals surface area contributed by atoms with E-state index in [-0.39, 0.29) is 35.0 Å². The Bertz CT molecular complexity index is 895. The molecular formula is C20H19F4NO4S. The zero-order valence-corrected chi connectivity index (χ0v) is 17.1. The van der Waals surface area contributed by atoms with E-state index in [1.807, 2.05) is 0 Å². The molecular weight excluding hydrogens is 426 g/mol. The number of hydrogen-bond donors (Lipinski definition) is 0. The molecule has 0 aliphatic carbocycles. The van der Waals surface area contributed by atoms with Crippen molar-refractivity contribution in [3.63, 3.8) is 0 Å². The van der Waals surface area contributed by atoms with Gasteiger partial charge in [0.25, 0.3) is 0 Å². The van der Waals surface area contributed by atoms with Crippen LogP contribution in [0, 0.1) is 5.82 Å². The maximum atomic E-state index is 13.9. The Morgan fingerprint density at radius 3 is 2.13 bits per heavy atom. The predicted molar refractivity (Wildman–Crippen MR) is 103 cm³/mol. The molecule has 3 rings (SSSR count). The molecule has 1 saturated heterocycles. The summed E-state index contributed by atoms with van der Waals surface area (Å²) in [6.07, 6.45) is -4.78. The van der Waals surface area contributed by atoms with Gasteiger partial charge in [0, 0.05) is 18.7 Å². The summed E-state index contributed by atoms with van der Waals surface area (Å²) in [6.45, 7) is 1.89. The van der Waals surface area contributed by atoms with Gasteiger partial charge in [-0.25, -0.2) is 4.39 Å². The average Bonchev–Trinajstić information content (AvgIpc) is 2.95. The molecule has 0 aromatic heterocycles. The van der Waals surface area contributed by atoms with Gasteiger partial charge in [0.2, 0.25) is 5.91 Å². The van der Waals surface area contributed by atoms with Crippen LogP contribution in [0.25, 0.3) is 0 Å². The van der Waals surface area contributed by atoms with E-state index in [1.54, 1.807) is 11.8 Å². The molecule has 0 radical (unpaired) electrons. The molecule has 0 saturated carbocycles. The first-order chi connectivity index (χ1) is 14.1. The number of hydrogen-bond acceptors (Lipinski definition) is 5. The number of nitrogens with zero attached hydrogens (tertiary/aromatic N) is 1. The quantitative estimate of drug-likeness (QED) is 0.592. The second-order valence-electron chi connectivity index (χ2n) is 6.51. The molecule has 162 valence electrons. The van der Waals surface area contributed by atoms with Gasteiger partial charge in [-0.3, -0.25) is 4.79 Å². The number of methoxy groups -OCH3 is 2. The summed E-state index contributed by atoms with van der Waals surface area (Å²) < 4.78 is 65.4. The Balaban J connectivity index is 1.91. The van der Waals surface area contributed by atoms with Crippen LogP contribution in [0.1, 0.15) is 23.4 Å². The van der Waals surface area contributed by atoms with E-state index in [0.29, 0.717) is 11.1 Å². The highest BCUT2D eigenvalue weighted by atomic mass is 32.2. The zero-order chi connectivity index (χ0) is 22.1. The van der Waals surface area contributed by atoms with Crippen molar-refractivity contribution in [1.82, 2.24) is 4.90 Å². The fraction of sp³-hybridized carbons (Fsp3) is 0.350. The van der Waals surface area contributed by atoms with Gasteiger partial charge < -0.3 is 19.1 Å². The Labute approximate surface area is 174 Å². The lowest BCUT2D eigenvalue weighted by Gasteiger charge is -2.27. The molecule has 1 heterocycles. The monoisotopic (exact) mass is 445 g/mol. The lowest BCUT2D eigenvalue weighted by atomic mass is 10.1. The Morgan fingerprint density at radius 2 is 1.63 bits per heavy atom. The fourth-order valence-electron chi connectivity index (χ4n) is 3.20. The van der Waals surface area contributed by atoms with Gasteiger partial charge in [-0.1, -0.05) is 12.1 Å². The van der Waals surface area contributed by atoms with Crippen LogP contribution in [0.5, 0.6) is 17.2 Å². The lowest BCUT2D eigenvalue weighted by Crippen LogP contribution is -2.30. The van der Waals surface area contributed by atoms with E-state index >= 15 is 0 Å². The topological polar surface area (TPSA) is 48.0 Å². The van der Waals surface area contributed by atoms with Crippen LogP contribution < -0.4 is 14.2 Å². The number of rotatable bonds is 6. The summed E-state index contributed by atoms with van der Waals surface area (Å²) in [4.78, 5) is 14.4. The zero-order valence-electron chi connectivity index (χ0n) is 16.3. The number of benzene rings is 2. The minimum atomic E-state index is -4.78. The molecule has 2 aromatic carbocycles. The van der Waals surface area contributed by atoms with Crippen molar-refractivity contribution >= 4 is 17.7 Å². The second-order valence-corrected chi connectivity index (χ2v) is 7.94. The van der Waals surface area contributed by atoms with Crippen molar-refractivity contribution in [3.8, 4) is 17.2 Å².